The van der Waals surface area contributed by atoms with Crippen molar-refractivity contribution >= 4 is 29.3 Å². The summed E-state index contributed by atoms with van der Waals surface area (Å²) in [5.74, 6) is -1.04. The van der Waals surface area contributed by atoms with Crippen LogP contribution in [-0.4, -0.2) is 28.2 Å². The van der Waals surface area contributed by atoms with Gasteiger partial charge in [-0.25, -0.2) is 9.78 Å². The molecule has 0 aliphatic heterocycles. The van der Waals surface area contributed by atoms with Crippen LogP contribution in [0.25, 0.3) is 0 Å². The van der Waals surface area contributed by atoms with Crippen molar-refractivity contribution in [1.82, 2.24) is 4.98 Å². The fourth-order valence-corrected chi connectivity index (χ4v) is 4.39. The molecule has 1 amide bonds. The molecule has 0 radical (unpaired) electrons. The van der Waals surface area contributed by atoms with E-state index < -0.39 is 5.97 Å². The first kappa shape index (κ1) is 24.9. The van der Waals surface area contributed by atoms with Gasteiger partial charge in [-0.3, -0.25) is 4.79 Å². The number of unbranched alkanes of at least 4 members (excludes halogenated alkanes) is 2. The number of carboxylic acids is 1. The smallest absolute Gasteiger partial charge is 0.335 e. The molecule has 0 aliphatic carbocycles. The number of hydrogen-bond donors (Lipinski definition) is 2. The lowest BCUT2D eigenvalue weighted by atomic mass is 9.85. The standard InChI is InChI=1S/C25H34N2O3S/c1-6-7-8-10-17(19-11-9-14-26-23(19)31-5)16-22(28)27-21-15-18(24(29)30)12-13-20(21)25(2,3)4/h9,11-15,17H,6-8,10,16H2,1-5H3,(H,27,28)(H,29,30). The average molecular weight is 443 g/mol. The second-order valence-corrected chi connectivity index (χ2v) is 9.66. The zero-order valence-corrected chi connectivity index (χ0v) is 20.0. The van der Waals surface area contributed by atoms with Crippen molar-refractivity contribution in [1.29, 1.82) is 0 Å². The van der Waals surface area contributed by atoms with E-state index in [1.54, 1.807) is 36.2 Å². The maximum absolute atomic E-state index is 13.1. The summed E-state index contributed by atoms with van der Waals surface area (Å²) in [6.45, 7) is 8.31. The number of carbonyl (C=O) groups is 2. The van der Waals surface area contributed by atoms with Gasteiger partial charge in [-0.1, -0.05) is 59.1 Å². The molecule has 2 rings (SSSR count). The predicted octanol–water partition coefficient (Wildman–Crippen LogP) is 6.49. The highest BCUT2D eigenvalue weighted by molar-refractivity contribution is 7.98. The first-order chi connectivity index (χ1) is 14.7. The van der Waals surface area contributed by atoms with Gasteiger partial charge in [0.2, 0.25) is 5.91 Å². The third kappa shape index (κ3) is 7.10. The summed E-state index contributed by atoms with van der Waals surface area (Å²) in [7, 11) is 0. The van der Waals surface area contributed by atoms with Crippen molar-refractivity contribution < 1.29 is 14.7 Å². The molecule has 1 aromatic carbocycles. The molecule has 31 heavy (non-hydrogen) atoms. The summed E-state index contributed by atoms with van der Waals surface area (Å²) in [4.78, 5) is 29.0. The van der Waals surface area contributed by atoms with Gasteiger partial charge in [0, 0.05) is 18.3 Å². The molecule has 168 valence electrons. The first-order valence-corrected chi connectivity index (χ1v) is 12.1. The van der Waals surface area contributed by atoms with Crippen LogP contribution in [-0.2, 0) is 10.2 Å². The minimum Gasteiger partial charge on any atom is -0.478 e. The summed E-state index contributed by atoms with van der Waals surface area (Å²) in [6.07, 6.45) is 8.35. The number of pyridine rings is 1. The summed E-state index contributed by atoms with van der Waals surface area (Å²) >= 11 is 1.60. The van der Waals surface area contributed by atoms with Gasteiger partial charge in [0.25, 0.3) is 0 Å². The maximum atomic E-state index is 13.1. The van der Waals surface area contributed by atoms with Crippen molar-refractivity contribution in [3.05, 3.63) is 53.2 Å². The Bertz CT molecular complexity index is 906. The fourth-order valence-electron chi connectivity index (χ4n) is 3.75. The lowest BCUT2D eigenvalue weighted by molar-refractivity contribution is -0.116. The topological polar surface area (TPSA) is 79.3 Å². The van der Waals surface area contributed by atoms with Gasteiger partial charge in [-0.05, 0) is 53.3 Å². The minimum atomic E-state index is -1.01. The molecule has 6 heteroatoms. The summed E-state index contributed by atoms with van der Waals surface area (Å²) in [5.41, 5.74) is 2.53. The van der Waals surface area contributed by atoms with E-state index in [1.165, 1.54) is 0 Å². The monoisotopic (exact) mass is 442 g/mol. The Balaban J connectivity index is 2.30. The number of nitrogens with one attached hydrogen (secondary N) is 1. The van der Waals surface area contributed by atoms with E-state index in [0.29, 0.717) is 12.1 Å². The predicted molar refractivity (Wildman–Crippen MR) is 128 cm³/mol. The van der Waals surface area contributed by atoms with Gasteiger partial charge >= 0.3 is 5.97 Å². The van der Waals surface area contributed by atoms with Crippen LogP contribution in [0.3, 0.4) is 0 Å². The van der Waals surface area contributed by atoms with Crippen LogP contribution in [0.5, 0.6) is 0 Å². The SMILES string of the molecule is CCCCCC(CC(=O)Nc1cc(C(=O)O)ccc1C(C)(C)C)c1cccnc1SC. The molecule has 0 saturated heterocycles. The Morgan fingerprint density at radius 2 is 1.94 bits per heavy atom. The maximum Gasteiger partial charge on any atom is 0.335 e. The zero-order valence-electron chi connectivity index (χ0n) is 19.2. The van der Waals surface area contributed by atoms with Gasteiger partial charge in [0.1, 0.15) is 0 Å². The molecule has 5 nitrogen and oxygen atoms in total. The van der Waals surface area contributed by atoms with E-state index >= 15 is 0 Å². The van der Waals surface area contributed by atoms with Crippen LogP contribution in [0.15, 0.2) is 41.6 Å². The zero-order chi connectivity index (χ0) is 23.0. The number of thioether (sulfide) groups is 1. The van der Waals surface area contributed by atoms with Crippen LogP contribution in [0.2, 0.25) is 0 Å². The van der Waals surface area contributed by atoms with Gasteiger partial charge in [-0.2, -0.15) is 0 Å². The van der Waals surface area contributed by atoms with Crippen molar-refractivity contribution in [2.24, 2.45) is 0 Å². The van der Waals surface area contributed by atoms with E-state index in [1.807, 2.05) is 33.1 Å². The van der Waals surface area contributed by atoms with Crippen molar-refractivity contribution in [2.75, 3.05) is 11.6 Å². The van der Waals surface area contributed by atoms with Crippen LogP contribution in [0.4, 0.5) is 5.69 Å². The second kappa shape index (κ2) is 11.3. The molecular formula is C25H34N2O3S. The number of carboxylic acid groups (broad SMARTS) is 1. The van der Waals surface area contributed by atoms with Crippen LogP contribution in [0, 0.1) is 0 Å². The Morgan fingerprint density at radius 1 is 1.19 bits per heavy atom. The summed E-state index contributed by atoms with van der Waals surface area (Å²) < 4.78 is 0. The highest BCUT2D eigenvalue weighted by Gasteiger charge is 2.23. The number of nitrogens with zero attached hydrogens (tertiary/aromatic N) is 1. The minimum absolute atomic E-state index is 0.0726. The van der Waals surface area contributed by atoms with Gasteiger partial charge in [-0.15, -0.1) is 11.8 Å². The lowest BCUT2D eigenvalue weighted by Gasteiger charge is -2.24. The number of amides is 1. The first-order valence-electron chi connectivity index (χ1n) is 10.8. The third-order valence-electron chi connectivity index (χ3n) is 5.37. The number of aromatic nitrogens is 1. The van der Waals surface area contributed by atoms with Crippen molar-refractivity contribution in [3.8, 4) is 0 Å². The molecule has 0 fully saturated rings. The molecule has 0 saturated carbocycles. The van der Waals surface area contributed by atoms with E-state index in [2.05, 4.69) is 23.3 Å². The van der Waals surface area contributed by atoms with Crippen molar-refractivity contribution in [2.45, 2.75) is 76.2 Å². The number of benzene rings is 1. The Morgan fingerprint density at radius 3 is 2.55 bits per heavy atom. The van der Waals surface area contributed by atoms with Gasteiger partial charge < -0.3 is 10.4 Å². The Kier molecular flexibility index (Phi) is 9.11. The van der Waals surface area contributed by atoms with E-state index in [0.717, 1.165) is 41.8 Å². The lowest BCUT2D eigenvalue weighted by Crippen LogP contribution is -2.21. The fraction of sp³-hybridized carbons (Fsp3) is 0.480. The molecule has 1 atom stereocenters. The van der Waals surface area contributed by atoms with Crippen LogP contribution >= 0.6 is 11.8 Å². The molecule has 1 aromatic heterocycles. The third-order valence-corrected chi connectivity index (χ3v) is 6.10. The molecule has 0 aliphatic rings. The highest BCUT2D eigenvalue weighted by Crippen LogP contribution is 2.34. The normalized spacial score (nSPS) is 12.4. The van der Waals surface area contributed by atoms with Gasteiger partial charge in [0.15, 0.2) is 0 Å². The molecule has 0 spiro atoms. The molecule has 2 aromatic rings. The molecular weight excluding hydrogens is 408 g/mol. The summed E-state index contributed by atoms with van der Waals surface area (Å²) in [6, 6.07) is 8.93. The number of rotatable bonds is 10. The Hall–Kier alpha value is -2.34. The largest absolute Gasteiger partial charge is 0.478 e. The Labute approximate surface area is 190 Å². The highest BCUT2D eigenvalue weighted by atomic mass is 32.2. The number of hydrogen-bond acceptors (Lipinski definition) is 4. The average Bonchev–Trinajstić information content (AvgIpc) is 2.72. The molecule has 2 N–H and O–H groups in total. The summed E-state index contributed by atoms with van der Waals surface area (Å²) in [5, 5.41) is 13.4. The second-order valence-electron chi connectivity index (χ2n) is 8.86. The number of aromatic carboxylic acids is 1. The van der Waals surface area contributed by atoms with E-state index in [-0.39, 0.29) is 22.8 Å². The van der Waals surface area contributed by atoms with E-state index in [4.69, 9.17) is 0 Å². The molecule has 0 bridgehead atoms. The molecule has 1 heterocycles. The van der Waals surface area contributed by atoms with Crippen LogP contribution in [0.1, 0.15) is 87.2 Å². The number of anilines is 1. The quantitative estimate of drug-likeness (QED) is 0.325. The number of carbonyl (C=O) groups excluding carboxylic acids is 1. The molecule has 1 unspecified atom stereocenters. The van der Waals surface area contributed by atoms with Gasteiger partial charge in [0.05, 0.1) is 10.6 Å². The van der Waals surface area contributed by atoms with Crippen molar-refractivity contribution in [3.63, 3.8) is 0 Å². The van der Waals surface area contributed by atoms with Crippen LogP contribution < -0.4 is 5.32 Å². The van der Waals surface area contributed by atoms with E-state index in [9.17, 15) is 14.7 Å².